The van der Waals surface area contributed by atoms with E-state index in [-0.39, 0.29) is 36.6 Å². The SMILES string of the molecule is CN(C(=O)Cn1cc([N+](=O)[O-])cn1)C1CC2CCC(C1)N2.Cl. The second-order valence-corrected chi connectivity index (χ2v) is 5.92. The van der Waals surface area contributed by atoms with Gasteiger partial charge in [0.15, 0.2) is 0 Å². The molecule has 2 saturated heterocycles. The molecule has 0 aromatic carbocycles. The van der Waals surface area contributed by atoms with Crippen LogP contribution < -0.4 is 5.32 Å². The third kappa shape index (κ3) is 3.38. The first-order chi connectivity index (χ1) is 10.0. The largest absolute Gasteiger partial charge is 0.341 e. The van der Waals surface area contributed by atoms with Crippen LogP contribution in [0.15, 0.2) is 12.4 Å². The molecule has 22 heavy (non-hydrogen) atoms. The van der Waals surface area contributed by atoms with Gasteiger partial charge in [-0.3, -0.25) is 19.6 Å². The first-order valence-corrected chi connectivity index (χ1v) is 7.21. The average molecular weight is 330 g/mol. The van der Waals surface area contributed by atoms with Crippen LogP contribution in [0.3, 0.4) is 0 Å². The highest BCUT2D eigenvalue weighted by molar-refractivity contribution is 5.85. The zero-order valence-electron chi connectivity index (χ0n) is 12.3. The summed E-state index contributed by atoms with van der Waals surface area (Å²) in [6.07, 6.45) is 6.80. The van der Waals surface area contributed by atoms with E-state index in [9.17, 15) is 14.9 Å². The summed E-state index contributed by atoms with van der Waals surface area (Å²) in [6.45, 7) is 0.0452. The van der Waals surface area contributed by atoms with E-state index < -0.39 is 4.92 Å². The van der Waals surface area contributed by atoms with E-state index in [2.05, 4.69) is 10.4 Å². The minimum Gasteiger partial charge on any atom is -0.341 e. The summed E-state index contributed by atoms with van der Waals surface area (Å²) >= 11 is 0. The van der Waals surface area contributed by atoms with Gasteiger partial charge in [0.1, 0.15) is 18.9 Å². The second kappa shape index (κ2) is 6.62. The molecule has 2 aliphatic rings. The number of nitrogens with one attached hydrogen (secondary N) is 1. The van der Waals surface area contributed by atoms with Crippen molar-refractivity contribution in [2.75, 3.05) is 7.05 Å². The number of amides is 1. The van der Waals surface area contributed by atoms with Gasteiger partial charge in [-0.05, 0) is 25.7 Å². The molecule has 2 aliphatic heterocycles. The van der Waals surface area contributed by atoms with Crippen LogP contribution in [-0.2, 0) is 11.3 Å². The number of hydrogen-bond acceptors (Lipinski definition) is 5. The van der Waals surface area contributed by atoms with Crippen molar-refractivity contribution < 1.29 is 9.72 Å². The van der Waals surface area contributed by atoms with Gasteiger partial charge in [0.25, 0.3) is 0 Å². The number of carbonyl (C=O) groups excluding carboxylic acids is 1. The van der Waals surface area contributed by atoms with Crippen molar-refractivity contribution in [3.63, 3.8) is 0 Å². The lowest BCUT2D eigenvalue weighted by Crippen LogP contribution is -2.49. The van der Waals surface area contributed by atoms with Gasteiger partial charge in [-0.25, -0.2) is 0 Å². The van der Waals surface area contributed by atoms with Crippen LogP contribution in [-0.4, -0.2) is 50.7 Å². The molecule has 2 bridgehead atoms. The molecule has 3 rings (SSSR count). The Bertz CT molecular complexity index is 552. The highest BCUT2D eigenvalue weighted by Gasteiger charge is 2.36. The predicted octanol–water partition coefficient (Wildman–Crippen LogP) is 0.954. The Hall–Kier alpha value is -1.67. The quantitative estimate of drug-likeness (QED) is 0.656. The van der Waals surface area contributed by atoms with E-state index in [1.165, 1.54) is 23.7 Å². The normalized spacial score (nSPS) is 26.3. The average Bonchev–Trinajstić information content (AvgIpc) is 3.04. The molecule has 1 N–H and O–H groups in total. The Morgan fingerprint density at radius 1 is 1.50 bits per heavy atom. The number of fused-ring (bicyclic) bond motifs is 2. The summed E-state index contributed by atoms with van der Waals surface area (Å²) in [7, 11) is 1.82. The van der Waals surface area contributed by atoms with Crippen LogP contribution in [0.2, 0.25) is 0 Å². The highest BCUT2D eigenvalue weighted by atomic mass is 35.5. The molecule has 9 heteroatoms. The fourth-order valence-corrected chi connectivity index (χ4v) is 3.33. The number of likely N-dealkylation sites (N-methyl/N-ethyl adjacent to an activating group) is 1. The fourth-order valence-electron chi connectivity index (χ4n) is 3.33. The van der Waals surface area contributed by atoms with Crippen LogP contribution in [0.5, 0.6) is 0 Å². The van der Waals surface area contributed by atoms with E-state index >= 15 is 0 Å². The van der Waals surface area contributed by atoms with Gasteiger partial charge in [0.2, 0.25) is 5.91 Å². The smallest absolute Gasteiger partial charge is 0.307 e. The van der Waals surface area contributed by atoms with Gasteiger partial charge in [0, 0.05) is 25.2 Å². The summed E-state index contributed by atoms with van der Waals surface area (Å²) in [5, 5.41) is 18.0. The Morgan fingerprint density at radius 3 is 2.68 bits per heavy atom. The van der Waals surface area contributed by atoms with Crippen LogP contribution in [0, 0.1) is 10.1 Å². The zero-order chi connectivity index (χ0) is 15.0. The number of nitro groups is 1. The van der Waals surface area contributed by atoms with E-state index in [4.69, 9.17) is 0 Å². The van der Waals surface area contributed by atoms with Crippen molar-refractivity contribution in [3.05, 3.63) is 22.5 Å². The van der Waals surface area contributed by atoms with Crippen LogP contribution in [0.1, 0.15) is 25.7 Å². The summed E-state index contributed by atoms with van der Waals surface area (Å²) in [6, 6.07) is 1.30. The topological polar surface area (TPSA) is 93.3 Å². The third-order valence-corrected chi connectivity index (χ3v) is 4.52. The van der Waals surface area contributed by atoms with E-state index in [0.717, 1.165) is 19.0 Å². The van der Waals surface area contributed by atoms with Gasteiger partial charge in [0.05, 0.1) is 4.92 Å². The monoisotopic (exact) mass is 329 g/mol. The van der Waals surface area contributed by atoms with Gasteiger partial charge in [-0.15, -0.1) is 12.4 Å². The van der Waals surface area contributed by atoms with E-state index in [1.54, 1.807) is 4.90 Å². The van der Waals surface area contributed by atoms with Crippen molar-refractivity contribution in [1.82, 2.24) is 20.0 Å². The van der Waals surface area contributed by atoms with Crippen LogP contribution in [0.25, 0.3) is 0 Å². The Balaban J connectivity index is 0.00000176. The third-order valence-electron chi connectivity index (χ3n) is 4.52. The van der Waals surface area contributed by atoms with Crippen molar-refractivity contribution >= 4 is 24.0 Å². The predicted molar refractivity (Wildman–Crippen MR) is 81.9 cm³/mol. The first-order valence-electron chi connectivity index (χ1n) is 7.21. The van der Waals surface area contributed by atoms with Crippen molar-refractivity contribution in [2.24, 2.45) is 0 Å². The molecule has 8 nitrogen and oxygen atoms in total. The van der Waals surface area contributed by atoms with Gasteiger partial charge >= 0.3 is 5.69 Å². The maximum absolute atomic E-state index is 12.3. The molecular weight excluding hydrogens is 310 g/mol. The lowest BCUT2D eigenvalue weighted by molar-refractivity contribution is -0.385. The first kappa shape index (κ1) is 16.7. The maximum Gasteiger partial charge on any atom is 0.307 e. The van der Waals surface area contributed by atoms with Crippen molar-refractivity contribution in [2.45, 2.75) is 50.4 Å². The number of nitrogens with zero attached hydrogens (tertiary/aromatic N) is 4. The second-order valence-electron chi connectivity index (χ2n) is 5.92. The zero-order valence-corrected chi connectivity index (χ0v) is 13.2. The molecule has 2 unspecified atom stereocenters. The van der Waals surface area contributed by atoms with Gasteiger partial charge in [-0.2, -0.15) is 5.10 Å². The minimum atomic E-state index is -0.512. The van der Waals surface area contributed by atoms with Crippen molar-refractivity contribution in [1.29, 1.82) is 0 Å². The Morgan fingerprint density at radius 2 is 2.14 bits per heavy atom. The van der Waals surface area contributed by atoms with E-state index in [0.29, 0.717) is 12.1 Å². The highest BCUT2D eigenvalue weighted by Crippen LogP contribution is 2.29. The number of rotatable bonds is 4. The van der Waals surface area contributed by atoms with Gasteiger partial charge in [-0.1, -0.05) is 0 Å². The number of halogens is 1. The summed E-state index contributed by atoms with van der Waals surface area (Å²) < 4.78 is 1.33. The molecule has 0 spiro atoms. The molecule has 0 radical (unpaired) electrons. The van der Waals surface area contributed by atoms with E-state index in [1.807, 2.05) is 7.05 Å². The molecule has 122 valence electrons. The standard InChI is InChI=1S/C13H19N5O3.ClH/c1-16(11-4-9-2-3-10(5-11)15-9)13(19)8-17-7-12(6-14-17)18(20)21;/h6-7,9-11,15H,2-5,8H2,1H3;1H. The number of carbonyl (C=O) groups is 1. The maximum atomic E-state index is 12.3. The Kier molecular flexibility index (Phi) is 5.02. The molecule has 1 amide bonds. The molecule has 1 aromatic rings. The van der Waals surface area contributed by atoms with Crippen LogP contribution >= 0.6 is 12.4 Å². The molecule has 0 aliphatic carbocycles. The summed E-state index contributed by atoms with van der Waals surface area (Å²) in [5.74, 6) is -0.0562. The fraction of sp³-hybridized carbons (Fsp3) is 0.692. The van der Waals surface area contributed by atoms with Crippen LogP contribution in [0.4, 0.5) is 5.69 Å². The summed E-state index contributed by atoms with van der Waals surface area (Å²) in [4.78, 5) is 24.2. The van der Waals surface area contributed by atoms with Crippen molar-refractivity contribution in [3.8, 4) is 0 Å². The molecule has 3 heterocycles. The lowest BCUT2D eigenvalue weighted by Gasteiger charge is -2.35. The minimum absolute atomic E-state index is 0. The number of piperidine rings is 1. The molecular formula is C13H20ClN5O3. The molecule has 2 fully saturated rings. The molecule has 1 aromatic heterocycles. The number of hydrogen-bond donors (Lipinski definition) is 1. The molecule has 0 saturated carbocycles. The van der Waals surface area contributed by atoms with Gasteiger partial charge < -0.3 is 10.2 Å². The summed E-state index contributed by atoms with van der Waals surface area (Å²) in [5.41, 5.74) is -0.0923. The lowest BCUT2D eigenvalue weighted by atomic mass is 9.98. The number of aromatic nitrogens is 2. The molecule has 2 atom stereocenters. The Labute approximate surface area is 134 Å².